The van der Waals surface area contributed by atoms with Gasteiger partial charge >= 0.3 is 0 Å². The minimum Gasteiger partial charge on any atom is -0.384 e. The molecule has 1 saturated carbocycles. The highest BCUT2D eigenvalue weighted by Gasteiger charge is 2.36. The van der Waals surface area contributed by atoms with E-state index in [2.05, 4.69) is 5.32 Å². The molecule has 1 N–H and O–H groups in total. The number of sulfone groups is 2. The third-order valence-corrected chi connectivity index (χ3v) is 10.1. The van der Waals surface area contributed by atoms with Gasteiger partial charge in [0.05, 0.1) is 37.6 Å². The van der Waals surface area contributed by atoms with Crippen LogP contribution < -0.4 is 5.32 Å². The summed E-state index contributed by atoms with van der Waals surface area (Å²) in [6, 6.07) is 15.6. The molecule has 0 unspecified atom stereocenters. The molecule has 1 amide bonds. The molecule has 196 valence electrons. The Morgan fingerprint density at radius 1 is 0.946 bits per heavy atom. The van der Waals surface area contributed by atoms with Crippen LogP contribution in [0.2, 0.25) is 10.0 Å². The van der Waals surface area contributed by atoms with Crippen LogP contribution in [-0.4, -0.2) is 48.0 Å². The summed E-state index contributed by atoms with van der Waals surface area (Å²) in [4.78, 5) is 13.5. The van der Waals surface area contributed by atoms with E-state index in [1.165, 1.54) is 19.2 Å². The second-order valence-electron chi connectivity index (χ2n) is 8.92. The van der Waals surface area contributed by atoms with Crippen LogP contribution in [0.3, 0.4) is 0 Å². The number of carbonyl (C=O) groups excluding carboxylic acids is 1. The molecule has 0 spiro atoms. The zero-order valence-corrected chi connectivity index (χ0v) is 23.2. The van der Waals surface area contributed by atoms with E-state index in [4.69, 9.17) is 27.9 Å². The van der Waals surface area contributed by atoms with E-state index in [1.54, 1.807) is 48.5 Å². The first kappa shape index (κ1) is 27.6. The molecule has 3 aromatic carbocycles. The van der Waals surface area contributed by atoms with E-state index in [-0.39, 0.29) is 37.6 Å². The normalized spacial score (nSPS) is 14.8. The van der Waals surface area contributed by atoms with Crippen LogP contribution in [0.25, 0.3) is 11.1 Å². The molecule has 1 aliphatic rings. The van der Waals surface area contributed by atoms with Gasteiger partial charge in [-0.15, -0.1) is 0 Å². The van der Waals surface area contributed by atoms with Crippen molar-refractivity contribution in [3.05, 3.63) is 76.3 Å². The molecule has 37 heavy (non-hydrogen) atoms. The fraction of sp³-hybridized carbons (Fsp3) is 0.269. The molecule has 3 aromatic rings. The Bertz CT molecular complexity index is 1510. The van der Waals surface area contributed by atoms with Crippen molar-refractivity contribution in [1.82, 2.24) is 0 Å². The van der Waals surface area contributed by atoms with Crippen molar-refractivity contribution in [3.8, 4) is 11.1 Å². The van der Waals surface area contributed by atoms with Crippen LogP contribution in [0.5, 0.6) is 0 Å². The average Bonchev–Trinajstić information content (AvgIpc) is 3.68. The van der Waals surface area contributed by atoms with Crippen LogP contribution in [0.4, 0.5) is 5.69 Å². The molecule has 4 rings (SSSR count). The smallest absolute Gasteiger partial charge is 0.234 e. The SMILES string of the molecule is COC[C@H](C(=O)Nc1cc(Cl)c(-c2ccc(S(=O)(=O)C3CC3)cc2)c(Cl)c1)c1ccc(S(C)(=O)=O)cc1. The van der Waals surface area contributed by atoms with Crippen LogP contribution >= 0.6 is 23.2 Å². The number of ether oxygens (including phenoxy) is 1. The van der Waals surface area contributed by atoms with Gasteiger partial charge in [0, 0.05) is 24.6 Å². The van der Waals surface area contributed by atoms with E-state index >= 15 is 0 Å². The first-order valence-corrected chi connectivity index (χ1v) is 15.5. The predicted molar refractivity (Wildman–Crippen MR) is 145 cm³/mol. The van der Waals surface area contributed by atoms with Gasteiger partial charge in [-0.3, -0.25) is 4.79 Å². The van der Waals surface area contributed by atoms with Crippen molar-refractivity contribution in [2.24, 2.45) is 0 Å². The van der Waals surface area contributed by atoms with Gasteiger partial charge in [-0.25, -0.2) is 16.8 Å². The lowest BCUT2D eigenvalue weighted by molar-refractivity contribution is -0.118. The Kier molecular flexibility index (Phi) is 8.02. The molecule has 7 nitrogen and oxygen atoms in total. The van der Waals surface area contributed by atoms with E-state index in [0.29, 0.717) is 35.2 Å². The second kappa shape index (κ2) is 10.7. The van der Waals surface area contributed by atoms with Gasteiger partial charge in [0.1, 0.15) is 0 Å². The summed E-state index contributed by atoms with van der Waals surface area (Å²) >= 11 is 13.1. The Balaban J connectivity index is 1.55. The Morgan fingerprint density at radius 3 is 1.97 bits per heavy atom. The van der Waals surface area contributed by atoms with Crippen LogP contribution in [0.15, 0.2) is 70.5 Å². The minimum atomic E-state index is -3.36. The predicted octanol–water partition coefficient (Wildman–Crippen LogP) is 5.37. The summed E-state index contributed by atoms with van der Waals surface area (Å²) in [7, 11) is -5.20. The number of hydrogen-bond donors (Lipinski definition) is 1. The molecular weight excluding hydrogens is 557 g/mol. The molecule has 0 aromatic heterocycles. The molecule has 11 heteroatoms. The van der Waals surface area contributed by atoms with Crippen molar-refractivity contribution in [2.75, 3.05) is 25.3 Å². The van der Waals surface area contributed by atoms with Crippen molar-refractivity contribution >= 4 is 54.5 Å². The second-order valence-corrected chi connectivity index (χ2v) is 14.0. The molecule has 1 fully saturated rings. The zero-order chi connectivity index (χ0) is 27.0. The number of anilines is 1. The first-order valence-electron chi connectivity index (χ1n) is 11.3. The van der Waals surface area contributed by atoms with Crippen LogP contribution in [0, 0.1) is 0 Å². The van der Waals surface area contributed by atoms with Crippen molar-refractivity contribution in [2.45, 2.75) is 33.8 Å². The quantitative estimate of drug-likeness (QED) is 0.364. The van der Waals surface area contributed by atoms with Crippen molar-refractivity contribution in [3.63, 3.8) is 0 Å². The number of carbonyl (C=O) groups is 1. The van der Waals surface area contributed by atoms with E-state index in [0.717, 1.165) is 6.26 Å². The number of amides is 1. The van der Waals surface area contributed by atoms with Gasteiger partial charge in [0.15, 0.2) is 19.7 Å². The Morgan fingerprint density at radius 2 is 1.49 bits per heavy atom. The third-order valence-electron chi connectivity index (χ3n) is 6.10. The highest BCUT2D eigenvalue weighted by atomic mass is 35.5. The van der Waals surface area contributed by atoms with Gasteiger partial charge in [-0.1, -0.05) is 47.5 Å². The monoisotopic (exact) mass is 581 g/mol. The molecule has 1 atom stereocenters. The van der Waals surface area contributed by atoms with Gasteiger partial charge in [-0.05, 0) is 60.4 Å². The number of halogens is 2. The van der Waals surface area contributed by atoms with Gasteiger partial charge in [0.2, 0.25) is 5.91 Å². The molecule has 1 aliphatic carbocycles. The number of nitrogens with one attached hydrogen (secondary N) is 1. The molecule has 0 bridgehead atoms. The summed E-state index contributed by atoms with van der Waals surface area (Å²) in [6.07, 6.45) is 2.49. The molecule has 0 saturated heterocycles. The lowest BCUT2D eigenvalue weighted by Crippen LogP contribution is -2.24. The molecule has 0 radical (unpaired) electrons. The number of hydrogen-bond acceptors (Lipinski definition) is 6. The fourth-order valence-electron chi connectivity index (χ4n) is 3.97. The highest BCUT2D eigenvalue weighted by molar-refractivity contribution is 7.92. The topological polar surface area (TPSA) is 107 Å². The summed E-state index contributed by atoms with van der Waals surface area (Å²) in [6.45, 7) is 0.0692. The van der Waals surface area contributed by atoms with Crippen molar-refractivity contribution in [1.29, 1.82) is 0 Å². The number of benzene rings is 3. The third kappa shape index (κ3) is 6.18. The zero-order valence-electron chi connectivity index (χ0n) is 20.1. The maximum Gasteiger partial charge on any atom is 0.234 e. The Labute approximate surface area is 226 Å². The molecular formula is C26H25Cl2NO6S2. The first-order chi connectivity index (χ1) is 17.4. The van der Waals surface area contributed by atoms with E-state index in [9.17, 15) is 21.6 Å². The average molecular weight is 583 g/mol. The van der Waals surface area contributed by atoms with Gasteiger partial charge < -0.3 is 10.1 Å². The maximum absolute atomic E-state index is 13.1. The Hall–Kier alpha value is -2.43. The molecule has 0 aliphatic heterocycles. The van der Waals surface area contributed by atoms with Gasteiger partial charge in [-0.2, -0.15) is 0 Å². The highest BCUT2D eigenvalue weighted by Crippen LogP contribution is 2.39. The van der Waals surface area contributed by atoms with Crippen LogP contribution in [-0.2, 0) is 29.2 Å². The lowest BCUT2D eigenvalue weighted by atomic mass is 9.99. The number of methoxy groups -OCH3 is 1. The lowest BCUT2D eigenvalue weighted by Gasteiger charge is -2.18. The van der Waals surface area contributed by atoms with Gasteiger partial charge in [0.25, 0.3) is 0 Å². The fourth-order valence-corrected chi connectivity index (χ4v) is 6.96. The largest absolute Gasteiger partial charge is 0.384 e. The summed E-state index contributed by atoms with van der Waals surface area (Å²) < 4.78 is 53.6. The summed E-state index contributed by atoms with van der Waals surface area (Å²) in [5, 5.41) is 3.05. The van der Waals surface area contributed by atoms with E-state index in [1.807, 2.05) is 0 Å². The van der Waals surface area contributed by atoms with E-state index < -0.39 is 25.6 Å². The molecule has 0 heterocycles. The minimum absolute atomic E-state index is 0.0692. The standard InChI is InChI=1S/C26H25Cl2NO6S2/c1-35-15-22(16-3-7-19(8-4-16)36(2,31)32)26(30)29-18-13-23(27)25(24(28)14-18)17-5-9-20(10-6-17)37(33,34)21-11-12-21/h3-10,13-14,21-22H,11-12,15H2,1-2H3,(H,29,30)/t22-/m0/s1. The van der Waals surface area contributed by atoms with Crippen molar-refractivity contribution < 1.29 is 26.4 Å². The summed E-state index contributed by atoms with van der Waals surface area (Å²) in [5.74, 6) is -1.10. The number of rotatable bonds is 9. The van der Waals surface area contributed by atoms with Crippen LogP contribution in [0.1, 0.15) is 24.3 Å². The summed E-state index contributed by atoms with van der Waals surface area (Å²) in [5.41, 5.74) is 2.11. The maximum atomic E-state index is 13.1.